The predicted octanol–water partition coefficient (Wildman–Crippen LogP) is 22.3. The summed E-state index contributed by atoms with van der Waals surface area (Å²) in [5.74, 6) is 0.937. The lowest BCUT2D eigenvalue weighted by atomic mass is 9.71. The minimum absolute atomic E-state index is 0.0264. The van der Waals surface area contributed by atoms with Crippen molar-refractivity contribution in [1.82, 2.24) is 39.1 Å². The number of aromatic nitrogens is 8. The normalized spacial score (nSPS) is 12.6. The highest BCUT2D eigenvalue weighted by atomic mass is 28.4. The number of allylic oxidation sites excluding steroid dienone is 1. The molecule has 582 valence electrons. The van der Waals surface area contributed by atoms with Crippen molar-refractivity contribution >= 4 is 70.2 Å². The van der Waals surface area contributed by atoms with Crippen LogP contribution in [0.5, 0.6) is 0 Å². The third-order valence-electron chi connectivity index (χ3n) is 19.5. The van der Waals surface area contributed by atoms with Gasteiger partial charge in [0.1, 0.15) is 29.6 Å². The summed E-state index contributed by atoms with van der Waals surface area (Å²) in [6.07, 6.45) is 10.6. The number of halogens is 5. The Morgan fingerprint density at radius 2 is 0.755 bits per heavy atom. The highest BCUT2D eigenvalue weighted by molar-refractivity contribution is 6.70. The summed E-state index contributed by atoms with van der Waals surface area (Å²) in [6, 6.07) is 47.5. The van der Waals surface area contributed by atoms with Crippen molar-refractivity contribution in [2.24, 2.45) is 39.7 Å². The van der Waals surface area contributed by atoms with Crippen molar-refractivity contribution in [2.75, 3.05) is 20.8 Å². The molecule has 4 aromatic heterocycles. The molecule has 0 bridgehead atoms. The quantitative estimate of drug-likeness (QED) is 0.0161. The minimum atomic E-state index is -1.49. The van der Waals surface area contributed by atoms with E-state index in [0.717, 1.165) is 102 Å². The number of aldehydes is 1. The Kier molecular flexibility index (Phi) is 28.6. The molecule has 0 saturated carbocycles. The Morgan fingerprint density at radius 1 is 0.455 bits per heavy atom. The summed E-state index contributed by atoms with van der Waals surface area (Å²) >= 11 is 0. The van der Waals surface area contributed by atoms with Crippen LogP contribution in [0.1, 0.15) is 161 Å². The first-order valence-electron chi connectivity index (χ1n) is 37.2. The third kappa shape index (κ3) is 21.6. The van der Waals surface area contributed by atoms with E-state index >= 15 is 0 Å². The molecule has 12 aromatic rings. The molecule has 3 unspecified atom stereocenters. The molecule has 4 heterocycles. The number of methoxy groups -OCH3 is 2. The van der Waals surface area contributed by atoms with E-state index in [1.54, 1.807) is 114 Å². The molecular formula is C89H106F5N9O6Si. The molecule has 12 rings (SSSR count). The first kappa shape index (κ1) is 85.2. The second-order valence-corrected chi connectivity index (χ2v) is 36.6. The number of ether oxygens (including phenoxy) is 2. The van der Waals surface area contributed by atoms with Gasteiger partial charge in [0.05, 0.1) is 94.7 Å². The number of nitrogens with two attached hydrogens (primary N) is 1. The average Bonchev–Trinajstić information content (AvgIpc) is 1.58. The van der Waals surface area contributed by atoms with Crippen LogP contribution in [0.15, 0.2) is 206 Å². The fraction of sp³-hybridized carbons (Fsp3) is 0.360. The average molecular weight is 1520 g/mol. The maximum absolute atomic E-state index is 13.8. The van der Waals surface area contributed by atoms with Crippen LogP contribution in [0.3, 0.4) is 0 Å². The molecule has 0 aliphatic carbocycles. The summed E-state index contributed by atoms with van der Waals surface area (Å²) in [6.45, 7) is 35.7. The van der Waals surface area contributed by atoms with E-state index in [1.165, 1.54) is 61.2 Å². The fourth-order valence-corrected chi connectivity index (χ4v) is 14.3. The van der Waals surface area contributed by atoms with E-state index in [9.17, 15) is 36.3 Å². The molecule has 15 nitrogen and oxygen atoms in total. The van der Waals surface area contributed by atoms with Gasteiger partial charge in [-0.2, -0.15) is 24.8 Å². The number of esters is 1. The van der Waals surface area contributed by atoms with E-state index in [4.69, 9.17) is 19.6 Å². The Hall–Kier alpha value is -10.4. The molecule has 0 amide bonds. The van der Waals surface area contributed by atoms with Gasteiger partial charge < -0.3 is 19.6 Å². The van der Waals surface area contributed by atoms with Gasteiger partial charge in [-0.3, -0.25) is 14.4 Å². The molecule has 0 saturated heterocycles. The molecule has 0 spiro atoms. The Labute approximate surface area is 644 Å². The van der Waals surface area contributed by atoms with Crippen LogP contribution < -0.4 is 5.73 Å². The topological polar surface area (TPSA) is 176 Å². The van der Waals surface area contributed by atoms with Gasteiger partial charge in [-0.25, -0.2) is 36.3 Å². The monoisotopic (exact) mass is 1520 g/mol. The van der Waals surface area contributed by atoms with Crippen LogP contribution in [-0.4, -0.2) is 86.5 Å². The van der Waals surface area contributed by atoms with Crippen LogP contribution in [0.4, 0.5) is 22.0 Å². The summed E-state index contributed by atoms with van der Waals surface area (Å²) in [7, 11) is 1.59. The van der Waals surface area contributed by atoms with Crippen molar-refractivity contribution in [3.05, 3.63) is 252 Å². The minimum Gasteiger partial charge on any atom is -0.520 e. The van der Waals surface area contributed by atoms with Crippen LogP contribution in [-0.2, 0) is 23.5 Å². The van der Waals surface area contributed by atoms with Gasteiger partial charge in [0, 0.05) is 32.7 Å². The van der Waals surface area contributed by atoms with Crippen LogP contribution in [0, 0.1) is 57.3 Å². The zero-order chi connectivity index (χ0) is 80.7. The molecule has 3 atom stereocenters. The highest BCUT2D eigenvalue weighted by Crippen LogP contribution is 2.45. The molecule has 2 N–H and O–H groups in total. The summed E-state index contributed by atoms with van der Waals surface area (Å²) < 4.78 is 89.1. The molecule has 21 heteroatoms. The van der Waals surface area contributed by atoms with Crippen molar-refractivity contribution in [3.63, 3.8) is 0 Å². The van der Waals surface area contributed by atoms with Gasteiger partial charge >= 0.3 is 12.0 Å². The van der Waals surface area contributed by atoms with Crippen LogP contribution in [0.25, 0.3) is 66.4 Å². The number of hydrogen-bond acceptors (Lipinski definition) is 11. The second-order valence-electron chi connectivity index (χ2n) is 32.2. The maximum Gasteiger partial charge on any atom is 0.311 e. The van der Waals surface area contributed by atoms with Gasteiger partial charge in [-0.15, -0.1) is 0 Å². The third-order valence-corrected chi connectivity index (χ3v) is 20.3. The zero-order valence-corrected chi connectivity index (χ0v) is 67.8. The highest BCUT2D eigenvalue weighted by Gasteiger charge is 2.40. The first-order chi connectivity index (χ1) is 51.9. The molecule has 0 fully saturated rings. The van der Waals surface area contributed by atoms with E-state index in [-0.39, 0.29) is 46.5 Å². The first-order valence-corrected chi connectivity index (χ1v) is 40.6. The van der Waals surface area contributed by atoms with E-state index in [2.05, 4.69) is 126 Å². The van der Waals surface area contributed by atoms with Gasteiger partial charge in [-0.05, 0) is 296 Å². The molecule has 0 aliphatic rings. The number of carbonyl (C=O) groups excluding carboxylic acids is 3. The molecule has 110 heavy (non-hydrogen) atoms. The summed E-state index contributed by atoms with van der Waals surface area (Å²) in [5.41, 5.74) is 16.3. The largest absolute Gasteiger partial charge is 0.520 e. The van der Waals surface area contributed by atoms with Gasteiger partial charge in [0.15, 0.2) is 0 Å². The van der Waals surface area contributed by atoms with Gasteiger partial charge in [0.2, 0.25) is 8.32 Å². The zero-order valence-electron chi connectivity index (χ0n) is 66.8. The van der Waals surface area contributed by atoms with Crippen molar-refractivity contribution in [3.8, 4) is 22.7 Å². The number of nitrogens with zero attached hydrogens (tertiary/aromatic N) is 8. The number of hydrogen-bond donors (Lipinski definition) is 1. The van der Waals surface area contributed by atoms with Crippen molar-refractivity contribution < 1.29 is 50.2 Å². The maximum atomic E-state index is 13.8. The Bertz CT molecular complexity index is 5090. The lowest BCUT2D eigenvalue weighted by Crippen LogP contribution is -2.33. The van der Waals surface area contributed by atoms with Crippen molar-refractivity contribution in [2.45, 2.75) is 154 Å². The molecule has 8 aromatic carbocycles. The van der Waals surface area contributed by atoms with Crippen LogP contribution >= 0.6 is 0 Å². The number of rotatable bonds is 23. The van der Waals surface area contributed by atoms with Gasteiger partial charge in [-0.1, -0.05) is 73.6 Å². The molecule has 0 radical (unpaired) electrons. The molecule has 0 aliphatic heterocycles. The van der Waals surface area contributed by atoms with Gasteiger partial charge in [0.25, 0.3) is 5.95 Å². The lowest BCUT2D eigenvalue weighted by Gasteiger charge is -2.35. The summed E-state index contributed by atoms with van der Waals surface area (Å²) in [5, 5.41) is 21.5. The van der Waals surface area contributed by atoms with Crippen LogP contribution in [0.2, 0.25) is 19.6 Å². The smallest absolute Gasteiger partial charge is 0.311 e. The second kappa shape index (κ2) is 36.9. The molecular weight excluding hydrogens is 1410 g/mol. The van der Waals surface area contributed by atoms with E-state index in [0.29, 0.717) is 48.1 Å². The number of carbonyl (C=O) groups is 3. The van der Waals surface area contributed by atoms with E-state index < -0.39 is 25.2 Å². The SMILES string of the molecule is CC(C)CC(c1ccc2c(cnn2-c2ccc(F)cc2)c1)C(C)(C)C(=O)F.CC(C)CC(c1ccc2c(cnn2-c2ccc(F)cc2)c1)C(C)(C)CN.COC(=O)C(C)(C)C(CC(C)C)c1ccc2c(cnn2-c2ccc(F)cc2)c1.COC(O[Si](C)(C)C)=C(C)C.O=Cc1ccc2c(cnn2-c2ccc(F)cc2)c1. The Morgan fingerprint density at radius 3 is 1.02 bits per heavy atom. The number of fused-ring (bicyclic) bond motifs is 4. The fourth-order valence-electron chi connectivity index (χ4n) is 13.4. The predicted molar refractivity (Wildman–Crippen MR) is 434 cm³/mol. The lowest BCUT2D eigenvalue weighted by molar-refractivity contribution is -0.152. The Balaban J connectivity index is 0.000000178. The van der Waals surface area contributed by atoms with E-state index in [1.807, 2.05) is 68.9 Å². The standard InChI is InChI=1S/C23H27FN2O2.C22H24F2N2O.C22H28FN3.C14H9FN2O.C8H18O2Si/c1-15(2)12-20(23(3,4)22(27)28-5)16-6-11-21-17(13-16)14-25-26(21)19-9-7-18(24)8-10-19;1-14(2)11-19(22(3,4)21(24)27)15-5-10-20-16(12-15)13-25-26(20)18-8-6-17(23)7-9-18;1-15(2)11-20(22(3,4)14-24)16-5-10-21-17(12-16)13-25-26(21)19-8-6-18(23)7-9-19;15-12-2-4-13(5-3-12)17-14-6-1-10(9-18)7-11(14)8-16-17;1-7(2)8(9-3)10-11(4,5)6/h6-11,13-15,20H,12H2,1-5H3;5-10,12-14,19H,11H2,1-4H3;5-10,12-13,15,20H,11,14,24H2,1-4H3;1-9H;1-6H3. The summed E-state index contributed by atoms with van der Waals surface area (Å²) in [4.78, 5) is 34.8. The van der Waals surface area contributed by atoms with Crippen molar-refractivity contribution in [1.29, 1.82) is 0 Å². The number of benzene rings is 8.